The molecule has 0 amide bonds. The van der Waals surface area contributed by atoms with Crippen molar-refractivity contribution in [2.75, 3.05) is 33.9 Å². The Morgan fingerprint density at radius 3 is 2.83 bits per heavy atom. The molecule has 3 N–H and O–H groups in total. The van der Waals surface area contributed by atoms with Crippen LogP contribution < -0.4 is 20.5 Å². The van der Waals surface area contributed by atoms with Crippen molar-refractivity contribution in [1.29, 1.82) is 0 Å². The predicted octanol–water partition coefficient (Wildman–Crippen LogP) is 1.36. The summed E-state index contributed by atoms with van der Waals surface area (Å²) in [5.41, 5.74) is 7.12. The van der Waals surface area contributed by atoms with E-state index >= 15 is 0 Å². The van der Waals surface area contributed by atoms with Gasteiger partial charge < -0.3 is 20.5 Å². The van der Waals surface area contributed by atoms with Crippen molar-refractivity contribution in [2.24, 2.45) is 11.7 Å². The molecule has 1 saturated heterocycles. The third kappa shape index (κ3) is 2.60. The number of ether oxygens (including phenoxy) is 2. The molecule has 1 fully saturated rings. The van der Waals surface area contributed by atoms with E-state index in [2.05, 4.69) is 11.4 Å². The monoisotopic (exact) mass is 250 g/mol. The number of nitrogens with two attached hydrogens (primary N) is 1. The lowest BCUT2D eigenvalue weighted by Gasteiger charge is -2.32. The van der Waals surface area contributed by atoms with Gasteiger partial charge in [-0.25, -0.2) is 0 Å². The van der Waals surface area contributed by atoms with E-state index in [9.17, 15) is 0 Å². The van der Waals surface area contributed by atoms with Gasteiger partial charge in [-0.15, -0.1) is 0 Å². The largest absolute Gasteiger partial charge is 0.497 e. The lowest BCUT2D eigenvalue weighted by atomic mass is 9.81. The maximum atomic E-state index is 5.87. The van der Waals surface area contributed by atoms with Gasteiger partial charge in [0, 0.05) is 6.07 Å². The zero-order valence-electron chi connectivity index (χ0n) is 11.1. The van der Waals surface area contributed by atoms with Crippen LogP contribution in [0.15, 0.2) is 18.2 Å². The van der Waals surface area contributed by atoms with Gasteiger partial charge in [-0.1, -0.05) is 6.07 Å². The van der Waals surface area contributed by atoms with E-state index in [0.29, 0.717) is 18.4 Å². The topological polar surface area (TPSA) is 56.5 Å². The number of hydrogen-bond acceptors (Lipinski definition) is 4. The Labute approximate surface area is 108 Å². The molecule has 18 heavy (non-hydrogen) atoms. The Hall–Kier alpha value is -1.26. The lowest BCUT2D eigenvalue weighted by Crippen LogP contribution is -2.39. The second-order valence-electron chi connectivity index (χ2n) is 4.70. The molecular formula is C14H22N2O2. The normalized spacial score (nSPS) is 23.7. The lowest BCUT2D eigenvalue weighted by molar-refractivity contribution is 0.319. The zero-order chi connectivity index (χ0) is 13.0. The minimum absolute atomic E-state index is 0.470. The van der Waals surface area contributed by atoms with Crippen LogP contribution in [0.2, 0.25) is 0 Å². The fourth-order valence-electron chi connectivity index (χ4n) is 2.70. The summed E-state index contributed by atoms with van der Waals surface area (Å²) in [6, 6.07) is 6.05. The first kappa shape index (κ1) is 13.2. The molecule has 1 aromatic carbocycles. The molecule has 0 radical (unpaired) electrons. The smallest absolute Gasteiger partial charge is 0.126 e. The average molecular weight is 250 g/mol. The fourth-order valence-corrected chi connectivity index (χ4v) is 2.70. The third-order valence-corrected chi connectivity index (χ3v) is 3.75. The summed E-state index contributed by atoms with van der Waals surface area (Å²) in [4.78, 5) is 0. The highest BCUT2D eigenvalue weighted by Crippen LogP contribution is 2.37. The minimum atomic E-state index is 0.470. The van der Waals surface area contributed by atoms with Crippen molar-refractivity contribution < 1.29 is 9.47 Å². The molecular weight excluding hydrogens is 228 g/mol. The van der Waals surface area contributed by atoms with E-state index < -0.39 is 0 Å². The van der Waals surface area contributed by atoms with E-state index in [1.165, 1.54) is 5.56 Å². The first-order chi connectivity index (χ1) is 8.80. The third-order valence-electron chi connectivity index (χ3n) is 3.75. The summed E-state index contributed by atoms with van der Waals surface area (Å²) in [5, 5.41) is 3.40. The van der Waals surface area contributed by atoms with Gasteiger partial charge in [0.15, 0.2) is 0 Å². The van der Waals surface area contributed by atoms with Gasteiger partial charge in [0.2, 0.25) is 0 Å². The van der Waals surface area contributed by atoms with Crippen LogP contribution in [0.25, 0.3) is 0 Å². The van der Waals surface area contributed by atoms with Crippen LogP contribution in [0.3, 0.4) is 0 Å². The summed E-state index contributed by atoms with van der Waals surface area (Å²) < 4.78 is 10.7. The van der Waals surface area contributed by atoms with E-state index in [1.807, 2.05) is 12.1 Å². The van der Waals surface area contributed by atoms with Crippen molar-refractivity contribution in [3.05, 3.63) is 23.8 Å². The minimum Gasteiger partial charge on any atom is -0.497 e. The molecule has 1 aliphatic rings. The van der Waals surface area contributed by atoms with Crippen LogP contribution >= 0.6 is 0 Å². The van der Waals surface area contributed by atoms with Crippen LogP contribution in [0.1, 0.15) is 17.9 Å². The molecule has 2 unspecified atom stereocenters. The quantitative estimate of drug-likeness (QED) is 0.847. The highest BCUT2D eigenvalue weighted by Gasteiger charge is 2.27. The molecule has 1 aliphatic heterocycles. The SMILES string of the molecule is COc1ccc(C2CCNCC2CN)c(OC)c1. The highest BCUT2D eigenvalue weighted by atomic mass is 16.5. The van der Waals surface area contributed by atoms with Gasteiger partial charge in [0.05, 0.1) is 14.2 Å². The van der Waals surface area contributed by atoms with Crippen molar-refractivity contribution in [1.82, 2.24) is 5.32 Å². The zero-order valence-corrected chi connectivity index (χ0v) is 11.1. The first-order valence-corrected chi connectivity index (χ1v) is 6.42. The Bertz CT molecular complexity index is 395. The second-order valence-corrected chi connectivity index (χ2v) is 4.70. The van der Waals surface area contributed by atoms with Gasteiger partial charge in [-0.3, -0.25) is 0 Å². The summed E-state index contributed by atoms with van der Waals surface area (Å²) in [6.07, 6.45) is 1.10. The molecule has 100 valence electrons. The number of methoxy groups -OCH3 is 2. The van der Waals surface area contributed by atoms with Crippen LogP contribution in [-0.4, -0.2) is 33.9 Å². The molecule has 4 heteroatoms. The van der Waals surface area contributed by atoms with E-state index in [4.69, 9.17) is 15.2 Å². The van der Waals surface area contributed by atoms with Crippen molar-refractivity contribution in [2.45, 2.75) is 12.3 Å². The molecule has 0 saturated carbocycles. The second kappa shape index (κ2) is 6.07. The Morgan fingerprint density at radius 2 is 2.17 bits per heavy atom. The van der Waals surface area contributed by atoms with Crippen LogP contribution in [0, 0.1) is 5.92 Å². The highest BCUT2D eigenvalue weighted by molar-refractivity contribution is 5.43. The van der Waals surface area contributed by atoms with E-state index in [0.717, 1.165) is 31.0 Å². The number of benzene rings is 1. The van der Waals surface area contributed by atoms with Crippen LogP contribution in [0.5, 0.6) is 11.5 Å². The average Bonchev–Trinajstić information content (AvgIpc) is 2.46. The molecule has 1 aromatic rings. The van der Waals surface area contributed by atoms with Crippen LogP contribution in [-0.2, 0) is 0 Å². The Morgan fingerprint density at radius 1 is 1.33 bits per heavy atom. The first-order valence-electron chi connectivity index (χ1n) is 6.42. The van der Waals surface area contributed by atoms with Gasteiger partial charge in [-0.05, 0) is 49.5 Å². The standard InChI is InChI=1S/C14H22N2O2/c1-17-11-3-4-13(14(7-11)18-2)12-5-6-16-9-10(12)8-15/h3-4,7,10,12,16H,5-6,8-9,15H2,1-2H3. The number of nitrogens with one attached hydrogen (secondary N) is 1. The summed E-state index contributed by atoms with van der Waals surface area (Å²) >= 11 is 0. The van der Waals surface area contributed by atoms with Gasteiger partial charge in [-0.2, -0.15) is 0 Å². The van der Waals surface area contributed by atoms with Crippen molar-refractivity contribution >= 4 is 0 Å². The molecule has 0 aromatic heterocycles. The number of piperidine rings is 1. The molecule has 4 nitrogen and oxygen atoms in total. The van der Waals surface area contributed by atoms with Gasteiger partial charge in [0.25, 0.3) is 0 Å². The van der Waals surface area contributed by atoms with E-state index in [-0.39, 0.29) is 0 Å². The van der Waals surface area contributed by atoms with Gasteiger partial charge in [0.1, 0.15) is 11.5 Å². The number of rotatable bonds is 4. The molecule has 2 atom stereocenters. The molecule has 2 rings (SSSR count). The molecule has 0 aliphatic carbocycles. The summed E-state index contributed by atoms with van der Waals surface area (Å²) in [6.45, 7) is 2.72. The Balaban J connectivity index is 2.30. The van der Waals surface area contributed by atoms with Crippen molar-refractivity contribution in [3.63, 3.8) is 0 Å². The molecule has 0 spiro atoms. The fraction of sp³-hybridized carbons (Fsp3) is 0.571. The summed E-state index contributed by atoms with van der Waals surface area (Å²) in [5.74, 6) is 2.67. The maximum Gasteiger partial charge on any atom is 0.126 e. The van der Waals surface area contributed by atoms with Crippen LogP contribution in [0.4, 0.5) is 0 Å². The number of hydrogen-bond donors (Lipinski definition) is 2. The van der Waals surface area contributed by atoms with Crippen molar-refractivity contribution in [3.8, 4) is 11.5 Å². The summed E-state index contributed by atoms with van der Waals surface area (Å²) in [7, 11) is 3.37. The molecule has 0 bridgehead atoms. The Kier molecular flexibility index (Phi) is 4.44. The van der Waals surface area contributed by atoms with E-state index in [1.54, 1.807) is 14.2 Å². The molecule has 1 heterocycles. The van der Waals surface area contributed by atoms with Gasteiger partial charge >= 0.3 is 0 Å². The maximum absolute atomic E-state index is 5.87. The predicted molar refractivity (Wildman–Crippen MR) is 72.3 cm³/mol.